The van der Waals surface area contributed by atoms with Crippen molar-refractivity contribution in [1.82, 2.24) is 0 Å². The first-order valence-corrected chi connectivity index (χ1v) is 36.1. The topological polar surface area (TPSA) is 0 Å². The normalized spacial score (nSPS) is 29.0. The molecule has 0 aliphatic heterocycles. The van der Waals surface area contributed by atoms with Gasteiger partial charge in [-0.1, -0.05) is 0 Å². The van der Waals surface area contributed by atoms with Crippen molar-refractivity contribution in [2.24, 2.45) is 5.92 Å². The second kappa shape index (κ2) is 16.3. The van der Waals surface area contributed by atoms with E-state index in [0.29, 0.717) is 5.92 Å². The van der Waals surface area contributed by atoms with Gasteiger partial charge in [-0.15, -0.1) is 0 Å². The second-order valence-corrected chi connectivity index (χ2v) is 63.0. The molecule has 6 aliphatic carbocycles. The van der Waals surface area contributed by atoms with Crippen LogP contribution in [0.3, 0.4) is 0 Å². The van der Waals surface area contributed by atoms with Crippen LogP contribution in [0.25, 0.3) is 0 Å². The maximum atomic E-state index is 10.0. The van der Waals surface area contributed by atoms with Gasteiger partial charge in [0.25, 0.3) is 0 Å². The van der Waals surface area contributed by atoms with Crippen LogP contribution in [-0.4, -0.2) is 38.1 Å². The Balaban J connectivity index is 1.78. The Morgan fingerprint density at radius 1 is 0.391 bits per heavy atom. The predicted octanol–water partition coefficient (Wildman–Crippen LogP) is 15.2. The molecule has 0 nitrogen and oxygen atoms in total. The van der Waals surface area contributed by atoms with Crippen molar-refractivity contribution in [3.05, 3.63) is 0 Å². The maximum absolute atomic E-state index is 10.0. The number of halogens is 2. The Labute approximate surface area is 296 Å². The Morgan fingerprint density at radius 3 is 0.717 bits per heavy atom. The minimum absolute atomic E-state index is 0.561. The summed E-state index contributed by atoms with van der Waals surface area (Å²) in [6.07, 6.45) is 44.9. The molecule has 0 heterocycles. The third-order valence-electron chi connectivity index (χ3n) is 15.7. The van der Waals surface area contributed by atoms with E-state index in [2.05, 4.69) is 20.8 Å². The van der Waals surface area contributed by atoms with Crippen molar-refractivity contribution in [2.75, 3.05) is 0 Å². The summed E-state index contributed by atoms with van der Waals surface area (Å²) in [5, 5.41) is 0. The zero-order chi connectivity index (χ0) is 32.3. The summed E-state index contributed by atoms with van der Waals surface area (Å²) < 4.78 is 1.85. The molecule has 274 valence electrons. The molecule has 0 radical (unpaired) electrons. The van der Waals surface area contributed by atoms with E-state index >= 15 is 0 Å². The van der Waals surface area contributed by atoms with Crippen LogP contribution in [0, 0.1) is 5.92 Å². The molecule has 0 bridgehead atoms. The standard InChI is InChI=1S/2C18H33P.C5H10.2ClH.Ru/c2*1-4-10-16(11-5-1)19(17-12-6-2-7-13-17)18-14-8-3-9-15-18;1-4-5(2)3;;;/h2*16-18H,1-15H2;5H,1-3H3;2*1H;. The van der Waals surface area contributed by atoms with Gasteiger partial charge in [-0.05, 0) is 0 Å². The van der Waals surface area contributed by atoms with E-state index in [-0.39, 0.29) is 0 Å². The molecule has 5 heteroatoms. The molecule has 6 saturated carbocycles. The molecule has 6 aliphatic rings. The molecule has 6 rings (SSSR count). The van der Waals surface area contributed by atoms with Crippen molar-refractivity contribution in [3.8, 4) is 0 Å². The van der Waals surface area contributed by atoms with Gasteiger partial charge in [0.1, 0.15) is 0 Å². The van der Waals surface area contributed by atoms with Crippen molar-refractivity contribution in [3.63, 3.8) is 0 Å². The molecule has 0 spiro atoms. The van der Waals surface area contributed by atoms with Crippen LogP contribution in [0.5, 0.6) is 0 Å². The average Bonchev–Trinajstić information content (AvgIpc) is 3.11. The Morgan fingerprint density at radius 2 is 0.565 bits per heavy atom. The fourth-order valence-corrected chi connectivity index (χ4v) is 127. The molecular formula is C41H78Cl2P2Ru. The molecule has 0 aromatic carbocycles. The average molecular weight is 805 g/mol. The fourth-order valence-electron chi connectivity index (χ4n) is 13.9. The van der Waals surface area contributed by atoms with Crippen LogP contribution in [0.2, 0.25) is 0 Å². The molecule has 0 N–H and O–H groups in total. The van der Waals surface area contributed by atoms with Crippen LogP contribution in [0.15, 0.2) is 0 Å². The summed E-state index contributed by atoms with van der Waals surface area (Å²) in [4.78, 5) is 0. The first-order valence-electron chi connectivity index (χ1n) is 21.4. The molecule has 0 unspecified atom stereocenters. The van der Waals surface area contributed by atoms with Gasteiger partial charge in [-0.25, -0.2) is 0 Å². The Hall–Kier alpha value is 1.93. The zero-order valence-electron chi connectivity index (χ0n) is 30.9. The summed E-state index contributed by atoms with van der Waals surface area (Å²) >= 11 is 0. The van der Waals surface area contributed by atoms with Crippen LogP contribution in [0.4, 0.5) is 0 Å². The van der Waals surface area contributed by atoms with Crippen molar-refractivity contribution in [2.45, 2.75) is 247 Å². The van der Waals surface area contributed by atoms with E-state index in [1.165, 1.54) is 193 Å². The van der Waals surface area contributed by atoms with Crippen LogP contribution >= 0.6 is 30.6 Å². The van der Waals surface area contributed by atoms with Crippen LogP contribution in [-0.2, 0) is 10.2 Å². The Kier molecular flexibility index (Phi) is 13.4. The quantitative estimate of drug-likeness (QED) is 0.161. The third kappa shape index (κ3) is 6.24. The van der Waals surface area contributed by atoms with E-state index < -0.39 is 21.4 Å². The van der Waals surface area contributed by atoms with E-state index in [9.17, 15) is 19.4 Å². The first-order chi connectivity index (χ1) is 22.3. The zero-order valence-corrected chi connectivity index (χ0v) is 36.1. The second-order valence-electron chi connectivity index (χ2n) is 18.1. The van der Waals surface area contributed by atoms with Gasteiger partial charge in [0.15, 0.2) is 0 Å². The molecule has 0 atom stereocenters. The van der Waals surface area contributed by atoms with Gasteiger partial charge in [0.05, 0.1) is 0 Å². The van der Waals surface area contributed by atoms with Crippen LogP contribution in [0.1, 0.15) is 213 Å². The first kappa shape index (κ1) is 37.7. The fraction of sp³-hybridized carbons (Fsp3) is 0.976. The SMILES string of the molecule is C[C](C(C)C)=[Ru]([Cl])([Cl])([PH](C1CCCCC1)(C1CCCCC1)C1CCCCC1)[PH](C1CCCCC1)(C1CCCCC1)C1CCCCC1. The van der Waals surface area contributed by atoms with Gasteiger partial charge in [-0.3, -0.25) is 0 Å². The Bertz CT molecular complexity index is 868. The predicted molar refractivity (Wildman–Crippen MR) is 215 cm³/mol. The third-order valence-corrected chi connectivity index (χ3v) is 93.8. The summed E-state index contributed by atoms with van der Waals surface area (Å²) in [5.74, 6) is 0.561. The van der Waals surface area contributed by atoms with Gasteiger partial charge < -0.3 is 0 Å². The molecule has 6 fully saturated rings. The summed E-state index contributed by atoms with van der Waals surface area (Å²) in [6, 6.07) is 0. The summed E-state index contributed by atoms with van der Waals surface area (Å²) in [5.41, 5.74) is 1.10. The van der Waals surface area contributed by atoms with Gasteiger partial charge in [0.2, 0.25) is 0 Å². The number of hydrogen-bond donors (Lipinski definition) is 0. The molecule has 0 aromatic heterocycles. The molecule has 46 heavy (non-hydrogen) atoms. The summed E-state index contributed by atoms with van der Waals surface area (Å²) in [7, 11) is 15.7. The van der Waals surface area contributed by atoms with Gasteiger partial charge in [-0.2, -0.15) is 0 Å². The van der Waals surface area contributed by atoms with E-state index in [1.54, 1.807) is 0 Å². The van der Waals surface area contributed by atoms with Crippen LogP contribution < -0.4 is 0 Å². The summed E-state index contributed by atoms with van der Waals surface area (Å²) in [6.45, 7) is 7.92. The van der Waals surface area contributed by atoms with Crippen molar-refractivity contribution < 1.29 is 10.2 Å². The number of hydrogen-bond acceptors (Lipinski definition) is 0. The van der Waals surface area contributed by atoms with Crippen molar-refractivity contribution in [1.29, 1.82) is 0 Å². The van der Waals surface area contributed by atoms with E-state index in [4.69, 9.17) is 0 Å². The molecule has 0 amide bonds. The van der Waals surface area contributed by atoms with Gasteiger partial charge in [0, 0.05) is 0 Å². The van der Waals surface area contributed by atoms with E-state index in [0.717, 1.165) is 34.0 Å². The van der Waals surface area contributed by atoms with Gasteiger partial charge >= 0.3 is 298 Å². The monoisotopic (exact) mass is 804 g/mol. The minimum atomic E-state index is -4.30. The molecule has 0 aromatic rings. The molecular weight excluding hydrogens is 726 g/mol. The molecule has 0 saturated heterocycles. The van der Waals surface area contributed by atoms with E-state index in [1.807, 2.05) is 4.11 Å². The van der Waals surface area contributed by atoms with Crippen molar-refractivity contribution >= 4 is 34.7 Å². The number of rotatable bonds is 9.